The van der Waals surface area contributed by atoms with Gasteiger partial charge in [-0.1, -0.05) is 19.3 Å². The normalized spacial score (nSPS) is 19.2. The van der Waals surface area contributed by atoms with Crippen LogP contribution in [0.5, 0.6) is 0 Å². The maximum absolute atomic E-state index is 5.72. The van der Waals surface area contributed by atoms with Crippen molar-refractivity contribution in [1.82, 2.24) is 15.3 Å². The van der Waals surface area contributed by atoms with E-state index in [-0.39, 0.29) is 5.60 Å². The van der Waals surface area contributed by atoms with Gasteiger partial charge in [0.05, 0.1) is 0 Å². The van der Waals surface area contributed by atoms with Gasteiger partial charge in [0, 0.05) is 31.6 Å². The van der Waals surface area contributed by atoms with Crippen molar-refractivity contribution in [2.75, 3.05) is 14.2 Å². The topological polar surface area (TPSA) is 47.0 Å². The summed E-state index contributed by atoms with van der Waals surface area (Å²) in [6, 6.07) is 0. The lowest BCUT2D eigenvalue weighted by molar-refractivity contribution is -0.0515. The minimum Gasteiger partial charge on any atom is -0.370 e. The molecule has 4 nitrogen and oxygen atoms in total. The summed E-state index contributed by atoms with van der Waals surface area (Å²) in [5.41, 5.74) is 0.870. The fourth-order valence-electron chi connectivity index (χ4n) is 2.53. The maximum Gasteiger partial charge on any atom is 0.160 e. The molecular formula is C13H21N3O. The van der Waals surface area contributed by atoms with E-state index in [1.807, 2.05) is 19.4 Å². The number of methoxy groups -OCH3 is 1. The molecule has 2 rings (SSSR count). The third-order valence-corrected chi connectivity index (χ3v) is 3.55. The summed E-state index contributed by atoms with van der Waals surface area (Å²) in [5.74, 6) is 0.847. The predicted octanol–water partition coefficient (Wildman–Crippen LogP) is 2.00. The first kappa shape index (κ1) is 12.5. The first-order valence-corrected chi connectivity index (χ1v) is 6.32. The molecule has 0 aliphatic heterocycles. The van der Waals surface area contributed by atoms with Crippen LogP contribution in [-0.2, 0) is 16.9 Å². The second-order valence-corrected chi connectivity index (χ2v) is 4.70. The summed E-state index contributed by atoms with van der Waals surface area (Å²) in [6.45, 7) is 0.806. The van der Waals surface area contributed by atoms with Crippen molar-refractivity contribution in [3.05, 3.63) is 23.8 Å². The molecule has 0 bridgehead atoms. The lowest BCUT2D eigenvalue weighted by atomic mass is 9.84. The van der Waals surface area contributed by atoms with Crippen LogP contribution >= 0.6 is 0 Å². The van der Waals surface area contributed by atoms with Crippen molar-refractivity contribution in [2.45, 2.75) is 44.2 Å². The Morgan fingerprint density at radius 3 is 2.41 bits per heavy atom. The van der Waals surface area contributed by atoms with Crippen LogP contribution in [-0.4, -0.2) is 24.1 Å². The van der Waals surface area contributed by atoms with Crippen molar-refractivity contribution in [3.63, 3.8) is 0 Å². The summed E-state index contributed by atoms with van der Waals surface area (Å²) in [7, 11) is 3.70. The van der Waals surface area contributed by atoms with Crippen molar-refractivity contribution in [2.24, 2.45) is 0 Å². The zero-order valence-corrected chi connectivity index (χ0v) is 10.7. The van der Waals surface area contributed by atoms with E-state index in [1.165, 1.54) is 19.3 Å². The molecule has 1 aromatic rings. The molecule has 0 aromatic carbocycles. The number of aromatic nitrogens is 2. The highest BCUT2D eigenvalue weighted by Gasteiger charge is 2.36. The van der Waals surface area contributed by atoms with Gasteiger partial charge in [-0.2, -0.15) is 0 Å². The first-order valence-electron chi connectivity index (χ1n) is 6.32. The molecule has 1 aliphatic rings. The van der Waals surface area contributed by atoms with Crippen LogP contribution in [0.1, 0.15) is 43.5 Å². The molecule has 4 heteroatoms. The molecule has 1 heterocycles. The lowest BCUT2D eigenvalue weighted by Gasteiger charge is -2.34. The molecule has 0 spiro atoms. The molecule has 0 amide bonds. The Bertz CT molecular complexity index is 344. The second-order valence-electron chi connectivity index (χ2n) is 4.70. The van der Waals surface area contributed by atoms with Gasteiger partial charge in [0.2, 0.25) is 0 Å². The fraction of sp³-hybridized carbons (Fsp3) is 0.692. The van der Waals surface area contributed by atoms with Gasteiger partial charge in [-0.3, -0.25) is 0 Å². The van der Waals surface area contributed by atoms with Crippen LogP contribution in [0.4, 0.5) is 0 Å². The Labute approximate surface area is 103 Å². The Morgan fingerprint density at radius 1 is 1.24 bits per heavy atom. The Balaban J connectivity index is 2.18. The van der Waals surface area contributed by atoms with Crippen LogP contribution < -0.4 is 5.32 Å². The monoisotopic (exact) mass is 235 g/mol. The molecule has 17 heavy (non-hydrogen) atoms. The minimum atomic E-state index is -0.240. The Hall–Kier alpha value is -1.00. The minimum absolute atomic E-state index is 0.240. The largest absolute Gasteiger partial charge is 0.370 e. The second kappa shape index (κ2) is 5.56. The smallest absolute Gasteiger partial charge is 0.160 e. The van der Waals surface area contributed by atoms with Crippen LogP contribution in [0.15, 0.2) is 12.4 Å². The van der Waals surface area contributed by atoms with E-state index in [4.69, 9.17) is 4.74 Å². The lowest BCUT2D eigenvalue weighted by Crippen LogP contribution is -2.33. The molecule has 1 aliphatic carbocycles. The fourth-order valence-corrected chi connectivity index (χ4v) is 2.53. The van der Waals surface area contributed by atoms with E-state index in [2.05, 4.69) is 15.3 Å². The number of nitrogens with one attached hydrogen (secondary N) is 1. The van der Waals surface area contributed by atoms with E-state index in [0.717, 1.165) is 30.8 Å². The molecule has 1 saturated carbocycles. The van der Waals surface area contributed by atoms with E-state index in [9.17, 15) is 0 Å². The van der Waals surface area contributed by atoms with E-state index < -0.39 is 0 Å². The van der Waals surface area contributed by atoms with E-state index in [1.54, 1.807) is 7.11 Å². The van der Waals surface area contributed by atoms with Gasteiger partial charge in [-0.05, 0) is 19.9 Å². The maximum atomic E-state index is 5.72. The molecule has 0 radical (unpaired) electrons. The first-order chi connectivity index (χ1) is 8.30. The highest BCUT2D eigenvalue weighted by Crippen LogP contribution is 2.37. The highest BCUT2D eigenvalue weighted by molar-refractivity contribution is 5.10. The molecule has 0 saturated heterocycles. The zero-order valence-electron chi connectivity index (χ0n) is 10.7. The SMILES string of the molecule is CNCc1cnc(C2(OC)CCCCC2)nc1. The number of ether oxygens (including phenoxy) is 1. The van der Waals surface area contributed by atoms with Crippen molar-refractivity contribution in [3.8, 4) is 0 Å². The van der Waals surface area contributed by atoms with Gasteiger partial charge < -0.3 is 10.1 Å². The van der Waals surface area contributed by atoms with Gasteiger partial charge in [-0.25, -0.2) is 9.97 Å². The summed E-state index contributed by atoms with van der Waals surface area (Å²) >= 11 is 0. The average molecular weight is 235 g/mol. The average Bonchev–Trinajstić information content (AvgIpc) is 2.41. The van der Waals surface area contributed by atoms with Crippen LogP contribution in [0.25, 0.3) is 0 Å². The highest BCUT2D eigenvalue weighted by atomic mass is 16.5. The van der Waals surface area contributed by atoms with E-state index >= 15 is 0 Å². The van der Waals surface area contributed by atoms with Crippen LogP contribution in [0, 0.1) is 0 Å². The summed E-state index contributed by atoms with van der Waals surface area (Å²) in [6.07, 6.45) is 9.57. The Morgan fingerprint density at radius 2 is 1.88 bits per heavy atom. The summed E-state index contributed by atoms with van der Waals surface area (Å²) in [5, 5.41) is 3.10. The molecule has 0 atom stereocenters. The zero-order chi connectivity index (χ0) is 12.1. The summed E-state index contributed by atoms with van der Waals surface area (Å²) < 4.78 is 5.72. The molecule has 1 fully saturated rings. The van der Waals surface area contributed by atoms with Crippen molar-refractivity contribution < 1.29 is 4.74 Å². The quantitative estimate of drug-likeness (QED) is 0.867. The Kier molecular flexibility index (Phi) is 4.07. The predicted molar refractivity (Wildman–Crippen MR) is 66.6 cm³/mol. The van der Waals surface area contributed by atoms with Gasteiger partial charge in [0.1, 0.15) is 5.60 Å². The van der Waals surface area contributed by atoms with Gasteiger partial charge in [-0.15, -0.1) is 0 Å². The third kappa shape index (κ3) is 2.64. The number of nitrogens with zero attached hydrogens (tertiary/aromatic N) is 2. The molecule has 94 valence electrons. The number of rotatable bonds is 4. The van der Waals surface area contributed by atoms with Crippen LogP contribution in [0.3, 0.4) is 0 Å². The standard InChI is InChI=1S/C13H21N3O/c1-14-8-11-9-15-12(16-10-11)13(17-2)6-4-3-5-7-13/h9-10,14H,3-8H2,1-2H3. The molecule has 0 unspecified atom stereocenters. The third-order valence-electron chi connectivity index (χ3n) is 3.55. The molecular weight excluding hydrogens is 214 g/mol. The number of hydrogen-bond donors (Lipinski definition) is 1. The van der Waals surface area contributed by atoms with Crippen molar-refractivity contribution in [1.29, 1.82) is 0 Å². The van der Waals surface area contributed by atoms with E-state index in [0.29, 0.717) is 0 Å². The van der Waals surface area contributed by atoms with Gasteiger partial charge in [0.25, 0.3) is 0 Å². The van der Waals surface area contributed by atoms with Gasteiger partial charge >= 0.3 is 0 Å². The summed E-state index contributed by atoms with van der Waals surface area (Å²) in [4.78, 5) is 8.98. The molecule has 1 aromatic heterocycles. The molecule has 1 N–H and O–H groups in total. The number of hydrogen-bond acceptors (Lipinski definition) is 4. The van der Waals surface area contributed by atoms with Gasteiger partial charge in [0.15, 0.2) is 5.82 Å². The van der Waals surface area contributed by atoms with Crippen molar-refractivity contribution >= 4 is 0 Å². The van der Waals surface area contributed by atoms with Crippen LogP contribution in [0.2, 0.25) is 0 Å².